The van der Waals surface area contributed by atoms with Gasteiger partial charge in [-0.25, -0.2) is 9.18 Å². The second-order valence-corrected chi connectivity index (χ2v) is 5.27. The summed E-state index contributed by atoms with van der Waals surface area (Å²) >= 11 is 0. The number of nitro groups is 1. The number of hydrogen-bond donors (Lipinski definition) is 0. The molecule has 2 aromatic rings. The van der Waals surface area contributed by atoms with Crippen LogP contribution in [-0.4, -0.2) is 38.3 Å². The van der Waals surface area contributed by atoms with Gasteiger partial charge in [-0.15, -0.1) is 0 Å². The summed E-state index contributed by atoms with van der Waals surface area (Å²) in [5.41, 5.74) is -0.683. The topological polar surface area (TPSA) is 97.1 Å². The molecule has 0 N–H and O–H groups in total. The van der Waals surface area contributed by atoms with Crippen LogP contribution in [0.5, 0.6) is 17.2 Å². The third-order valence-electron chi connectivity index (χ3n) is 3.52. The van der Waals surface area contributed by atoms with Crippen LogP contribution in [-0.2, 0) is 4.74 Å². The van der Waals surface area contributed by atoms with Gasteiger partial charge < -0.3 is 18.9 Å². The van der Waals surface area contributed by atoms with Crippen molar-refractivity contribution in [1.29, 1.82) is 0 Å². The lowest BCUT2D eigenvalue weighted by Crippen LogP contribution is -2.12. The van der Waals surface area contributed by atoms with Crippen LogP contribution in [0.3, 0.4) is 0 Å². The van der Waals surface area contributed by atoms with Crippen molar-refractivity contribution in [1.82, 2.24) is 0 Å². The maximum Gasteiger partial charge on any atom is 0.345 e. The quantitative estimate of drug-likeness (QED) is 0.285. The molecule has 0 heterocycles. The number of esters is 1. The highest BCUT2D eigenvalue weighted by atomic mass is 19.1. The van der Waals surface area contributed by atoms with Gasteiger partial charge in [0.25, 0.3) is 5.69 Å². The summed E-state index contributed by atoms with van der Waals surface area (Å²) in [5.74, 6) is -0.432. The van der Waals surface area contributed by atoms with Crippen LogP contribution in [0.25, 0.3) is 0 Å². The van der Waals surface area contributed by atoms with Crippen LogP contribution in [0.4, 0.5) is 10.1 Å². The first kappa shape index (κ1) is 20.0. The summed E-state index contributed by atoms with van der Waals surface area (Å²) in [7, 11) is 2.69. The Kier molecular flexibility index (Phi) is 6.93. The molecule has 0 aliphatic heterocycles. The zero-order valence-corrected chi connectivity index (χ0v) is 14.8. The Bertz CT molecular complexity index is 808. The molecule has 0 aliphatic carbocycles. The number of halogens is 1. The highest BCUT2D eigenvalue weighted by molar-refractivity contribution is 5.95. The molecule has 0 saturated heterocycles. The molecule has 2 rings (SSSR count). The number of benzene rings is 2. The predicted molar refractivity (Wildman–Crippen MR) is 93.0 cm³/mol. The van der Waals surface area contributed by atoms with Gasteiger partial charge in [-0.3, -0.25) is 10.1 Å². The van der Waals surface area contributed by atoms with Crippen molar-refractivity contribution >= 4 is 11.7 Å². The van der Waals surface area contributed by atoms with E-state index in [1.807, 2.05) is 0 Å². The molecule has 0 aliphatic rings. The van der Waals surface area contributed by atoms with Crippen molar-refractivity contribution in [3.63, 3.8) is 0 Å². The van der Waals surface area contributed by atoms with Gasteiger partial charge in [0.15, 0.2) is 11.5 Å². The molecule has 27 heavy (non-hydrogen) atoms. The van der Waals surface area contributed by atoms with Crippen molar-refractivity contribution in [2.24, 2.45) is 0 Å². The molecule has 8 nitrogen and oxygen atoms in total. The van der Waals surface area contributed by atoms with E-state index in [0.29, 0.717) is 12.2 Å². The average Bonchev–Trinajstić information content (AvgIpc) is 2.67. The smallest absolute Gasteiger partial charge is 0.345 e. The van der Waals surface area contributed by atoms with Crippen molar-refractivity contribution in [3.05, 3.63) is 57.9 Å². The van der Waals surface area contributed by atoms with Crippen LogP contribution < -0.4 is 14.2 Å². The number of hydrogen-bond acceptors (Lipinski definition) is 7. The zero-order valence-electron chi connectivity index (χ0n) is 14.8. The van der Waals surface area contributed by atoms with Crippen molar-refractivity contribution in [2.45, 2.75) is 6.42 Å². The number of carbonyl (C=O) groups is 1. The van der Waals surface area contributed by atoms with E-state index in [0.717, 1.165) is 6.07 Å². The maximum atomic E-state index is 12.8. The first-order valence-electron chi connectivity index (χ1n) is 7.92. The molecule has 0 amide bonds. The number of nitrogens with zero attached hydrogens (tertiary/aromatic N) is 1. The molecular formula is C18H18FNO7. The second-order valence-electron chi connectivity index (χ2n) is 5.27. The molecule has 0 saturated carbocycles. The van der Waals surface area contributed by atoms with Crippen molar-refractivity contribution < 1.29 is 33.1 Å². The van der Waals surface area contributed by atoms with Gasteiger partial charge in [0.05, 0.1) is 38.4 Å². The lowest BCUT2D eigenvalue weighted by molar-refractivity contribution is -0.385. The summed E-state index contributed by atoms with van der Waals surface area (Å²) in [6.45, 7) is 0.221. The second kappa shape index (κ2) is 9.37. The summed E-state index contributed by atoms with van der Waals surface area (Å²) in [5, 5.41) is 11.2. The third kappa shape index (κ3) is 5.30. The van der Waals surface area contributed by atoms with Crippen LogP contribution in [0.2, 0.25) is 0 Å². The number of carbonyl (C=O) groups excluding carboxylic acids is 1. The maximum absolute atomic E-state index is 12.8. The standard InChI is InChI=1S/C18H18FNO7/c1-24-16-10-14(15(20(22)23)11-17(16)25-2)18(21)27-9-3-8-26-13-6-4-12(19)5-7-13/h4-7,10-11H,3,8-9H2,1-2H3. The fourth-order valence-corrected chi connectivity index (χ4v) is 2.21. The molecular weight excluding hydrogens is 361 g/mol. The monoisotopic (exact) mass is 379 g/mol. The highest BCUT2D eigenvalue weighted by Gasteiger charge is 2.25. The van der Waals surface area contributed by atoms with Crippen LogP contribution in [0.1, 0.15) is 16.8 Å². The molecule has 0 bridgehead atoms. The van der Waals surface area contributed by atoms with Crippen molar-refractivity contribution in [2.75, 3.05) is 27.4 Å². The van der Waals surface area contributed by atoms with E-state index in [2.05, 4.69) is 0 Å². The molecule has 9 heteroatoms. The van der Waals surface area contributed by atoms with Gasteiger partial charge >= 0.3 is 5.97 Å². The molecule has 0 unspecified atom stereocenters. The Morgan fingerprint density at radius 2 is 1.70 bits per heavy atom. The molecule has 0 aromatic heterocycles. The molecule has 0 fully saturated rings. The van der Waals surface area contributed by atoms with Gasteiger partial charge in [-0.05, 0) is 24.3 Å². The molecule has 144 valence electrons. The largest absolute Gasteiger partial charge is 0.493 e. The molecule has 0 atom stereocenters. The van der Waals surface area contributed by atoms with Crippen LogP contribution in [0.15, 0.2) is 36.4 Å². The number of nitro benzene ring substituents is 1. The molecule has 2 aromatic carbocycles. The first-order valence-corrected chi connectivity index (χ1v) is 7.92. The van der Waals surface area contributed by atoms with Gasteiger partial charge in [-0.2, -0.15) is 0 Å². The minimum atomic E-state index is -0.857. The SMILES string of the molecule is COc1cc(C(=O)OCCCOc2ccc(F)cc2)c([N+](=O)[O-])cc1OC. The summed E-state index contributed by atoms with van der Waals surface area (Å²) in [6, 6.07) is 7.81. The number of ether oxygens (including phenoxy) is 4. The van der Waals surface area contributed by atoms with E-state index in [1.54, 1.807) is 0 Å². The Hall–Kier alpha value is -3.36. The lowest BCUT2D eigenvalue weighted by atomic mass is 10.1. The zero-order chi connectivity index (χ0) is 19.8. The fourth-order valence-electron chi connectivity index (χ4n) is 2.21. The van der Waals surface area contributed by atoms with E-state index < -0.39 is 16.6 Å². The predicted octanol–water partition coefficient (Wildman–Crippen LogP) is 3.38. The molecule has 0 spiro atoms. The van der Waals surface area contributed by atoms with E-state index >= 15 is 0 Å². The van der Waals surface area contributed by atoms with E-state index in [1.165, 1.54) is 44.6 Å². The lowest BCUT2D eigenvalue weighted by Gasteiger charge is -2.11. The minimum absolute atomic E-state index is 0.00841. The highest BCUT2D eigenvalue weighted by Crippen LogP contribution is 2.34. The summed E-state index contributed by atoms with van der Waals surface area (Å²) in [4.78, 5) is 22.7. The Morgan fingerprint density at radius 3 is 2.30 bits per heavy atom. The Balaban J connectivity index is 1.94. The summed E-state index contributed by atoms with van der Waals surface area (Å²) < 4.78 is 33.3. The molecule has 0 radical (unpaired) electrons. The number of rotatable bonds is 9. The fraction of sp³-hybridized carbons (Fsp3) is 0.278. The third-order valence-corrected chi connectivity index (χ3v) is 3.52. The normalized spacial score (nSPS) is 10.2. The minimum Gasteiger partial charge on any atom is -0.493 e. The Labute approximate surface area is 154 Å². The first-order chi connectivity index (χ1) is 13.0. The van der Waals surface area contributed by atoms with Gasteiger partial charge in [0, 0.05) is 12.5 Å². The van der Waals surface area contributed by atoms with E-state index in [9.17, 15) is 19.3 Å². The van der Waals surface area contributed by atoms with Crippen LogP contribution >= 0.6 is 0 Å². The van der Waals surface area contributed by atoms with E-state index in [-0.39, 0.29) is 36.1 Å². The van der Waals surface area contributed by atoms with E-state index in [4.69, 9.17) is 18.9 Å². The van der Waals surface area contributed by atoms with Gasteiger partial charge in [-0.1, -0.05) is 0 Å². The average molecular weight is 379 g/mol. The summed E-state index contributed by atoms with van der Waals surface area (Å²) in [6.07, 6.45) is 0.351. The van der Waals surface area contributed by atoms with Gasteiger partial charge in [0.1, 0.15) is 17.1 Å². The van der Waals surface area contributed by atoms with Crippen molar-refractivity contribution in [3.8, 4) is 17.2 Å². The van der Waals surface area contributed by atoms with Gasteiger partial charge in [0.2, 0.25) is 0 Å². The number of methoxy groups -OCH3 is 2. The van der Waals surface area contributed by atoms with Crippen LogP contribution in [0, 0.1) is 15.9 Å². The Morgan fingerprint density at radius 1 is 1.07 bits per heavy atom.